The number of fused-ring (bicyclic) bond motifs is 1. The van der Waals surface area contributed by atoms with Gasteiger partial charge in [-0.15, -0.1) is 0 Å². The van der Waals surface area contributed by atoms with Crippen LogP contribution in [0.15, 0.2) is 35.1 Å². The van der Waals surface area contributed by atoms with E-state index in [2.05, 4.69) is 0 Å². The SMILES string of the molecule is CCc1cc2ccccc2sc1=O. The van der Waals surface area contributed by atoms with Crippen molar-refractivity contribution >= 4 is 21.4 Å². The van der Waals surface area contributed by atoms with Crippen molar-refractivity contribution in [2.45, 2.75) is 13.3 Å². The fraction of sp³-hybridized carbons (Fsp3) is 0.182. The molecule has 0 aliphatic heterocycles. The molecule has 1 heterocycles. The quantitative estimate of drug-likeness (QED) is 0.675. The van der Waals surface area contributed by atoms with E-state index in [0.717, 1.165) is 16.7 Å². The Hall–Kier alpha value is -1.15. The monoisotopic (exact) mass is 190 g/mol. The van der Waals surface area contributed by atoms with Gasteiger partial charge in [-0.3, -0.25) is 4.79 Å². The van der Waals surface area contributed by atoms with Gasteiger partial charge in [0.2, 0.25) is 4.74 Å². The van der Waals surface area contributed by atoms with E-state index in [4.69, 9.17) is 0 Å². The highest BCUT2D eigenvalue weighted by Gasteiger charge is 1.99. The van der Waals surface area contributed by atoms with E-state index in [0.29, 0.717) is 0 Å². The second kappa shape index (κ2) is 3.30. The van der Waals surface area contributed by atoms with Crippen molar-refractivity contribution < 1.29 is 0 Å². The molecule has 2 heteroatoms. The normalized spacial score (nSPS) is 10.5. The summed E-state index contributed by atoms with van der Waals surface area (Å²) in [6, 6.07) is 9.99. The lowest BCUT2D eigenvalue weighted by molar-refractivity contribution is 1.14. The van der Waals surface area contributed by atoms with Crippen LogP contribution in [0.4, 0.5) is 0 Å². The lowest BCUT2D eigenvalue weighted by Crippen LogP contribution is -2.01. The summed E-state index contributed by atoms with van der Waals surface area (Å²) in [4.78, 5) is 11.5. The highest BCUT2D eigenvalue weighted by molar-refractivity contribution is 7.16. The minimum atomic E-state index is 0.196. The smallest absolute Gasteiger partial charge is 0.236 e. The average molecular weight is 190 g/mol. The number of hydrogen-bond acceptors (Lipinski definition) is 2. The van der Waals surface area contributed by atoms with Gasteiger partial charge in [0.1, 0.15) is 0 Å². The van der Waals surface area contributed by atoms with Crippen molar-refractivity contribution in [3.8, 4) is 0 Å². The van der Waals surface area contributed by atoms with Crippen molar-refractivity contribution in [3.63, 3.8) is 0 Å². The van der Waals surface area contributed by atoms with Gasteiger partial charge in [-0.2, -0.15) is 0 Å². The van der Waals surface area contributed by atoms with Crippen LogP contribution in [0.3, 0.4) is 0 Å². The van der Waals surface area contributed by atoms with Crippen LogP contribution >= 0.6 is 11.3 Å². The first-order valence-electron chi connectivity index (χ1n) is 4.33. The summed E-state index contributed by atoms with van der Waals surface area (Å²) in [7, 11) is 0. The third-order valence-electron chi connectivity index (χ3n) is 2.09. The third kappa shape index (κ3) is 1.49. The van der Waals surface area contributed by atoms with Gasteiger partial charge < -0.3 is 0 Å². The Bertz CT molecular complexity index is 485. The molecule has 0 bridgehead atoms. The number of hydrogen-bond donors (Lipinski definition) is 0. The lowest BCUT2D eigenvalue weighted by atomic mass is 10.2. The molecule has 0 unspecified atom stereocenters. The van der Waals surface area contributed by atoms with Crippen LogP contribution in [0.1, 0.15) is 12.5 Å². The summed E-state index contributed by atoms with van der Waals surface area (Å²) < 4.78 is 1.27. The van der Waals surface area contributed by atoms with Gasteiger partial charge in [-0.25, -0.2) is 0 Å². The Morgan fingerprint density at radius 1 is 1.31 bits per heavy atom. The predicted octanol–water partition coefficient (Wildman–Crippen LogP) is 2.82. The highest BCUT2D eigenvalue weighted by atomic mass is 32.1. The topological polar surface area (TPSA) is 17.1 Å². The zero-order valence-corrected chi connectivity index (χ0v) is 8.23. The first kappa shape index (κ1) is 8.45. The van der Waals surface area contributed by atoms with Crippen molar-refractivity contribution in [2.75, 3.05) is 0 Å². The van der Waals surface area contributed by atoms with Crippen LogP contribution in [-0.4, -0.2) is 0 Å². The highest BCUT2D eigenvalue weighted by Crippen LogP contribution is 2.16. The summed E-state index contributed by atoms with van der Waals surface area (Å²) in [6.07, 6.45) is 0.820. The first-order valence-corrected chi connectivity index (χ1v) is 5.14. The predicted molar refractivity (Wildman–Crippen MR) is 57.5 cm³/mol. The van der Waals surface area contributed by atoms with Crippen molar-refractivity contribution in [1.29, 1.82) is 0 Å². The van der Waals surface area contributed by atoms with Crippen LogP contribution in [0.2, 0.25) is 0 Å². The first-order chi connectivity index (χ1) is 6.31. The molecular weight excluding hydrogens is 180 g/mol. The maximum Gasteiger partial charge on any atom is 0.236 e. The molecular formula is C11H10OS. The molecule has 0 fully saturated rings. The maximum absolute atomic E-state index is 11.5. The molecule has 0 saturated carbocycles. The Morgan fingerprint density at radius 2 is 2.08 bits per heavy atom. The van der Waals surface area contributed by atoms with Crippen molar-refractivity contribution in [1.82, 2.24) is 0 Å². The number of rotatable bonds is 1. The van der Waals surface area contributed by atoms with E-state index >= 15 is 0 Å². The van der Waals surface area contributed by atoms with E-state index in [-0.39, 0.29) is 4.74 Å². The fourth-order valence-corrected chi connectivity index (χ4v) is 2.28. The van der Waals surface area contributed by atoms with Crippen molar-refractivity contribution in [2.24, 2.45) is 0 Å². The molecule has 0 amide bonds. The molecule has 1 aromatic heterocycles. The molecule has 1 nitrogen and oxygen atoms in total. The average Bonchev–Trinajstić information content (AvgIpc) is 2.17. The van der Waals surface area contributed by atoms with E-state index < -0.39 is 0 Å². The number of aryl methyl sites for hydroxylation is 1. The molecule has 13 heavy (non-hydrogen) atoms. The van der Waals surface area contributed by atoms with Crippen LogP contribution in [-0.2, 0) is 6.42 Å². The van der Waals surface area contributed by atoms with Crippen LogP contribution in [0.5, 0.6) is 0 Å². The molecule has 0 atom stereocenters. The summed E-state index contributed by atoms with van der Waals surface area (Å²) in [5.41, 5.74) is 0.920. The molecule has 0 radical (unpaired) electrons. The lowest BCUT2D eigenvalue weighted by Gasteiger charge is -1.97. The summed E-state index contributed by atoms with van der Waals surface area (Å²) >= 11 is 1.34. The van der Waals surface area contributed by atoms with Crippen LogP contribution in [0.25, 0.3) is 10.1 Å². The van der Waals surface area contributed by atoms with Gasteiger partial charge >= 0.3 is 0 Å². The second-order valence-electron chi connectivity index (χ2n) is 2.95. The van der Waals surface area contributed by atoms with Crippen LogP contribution < -0.4 is 4.74 Å². The summed E-state index contributed by atoms with van der Waals surface area (Å²) in [5, 5.41) is 1.17. The van der Waals surface area contributed by atoms with Gasteiger partial charge in [-0.05, 0) is 23.9 Å². The summed E-state index contributed by atoms with van der Waals surface area (Å²) in [6.45, 7) is 2.01. The molecule has 2 rings (SSSR count). The second-order valence-corrected chi connectivity index (χ2v) is 3.97. The fourth-order valence-electron chi connectivity index (χ4n) is 1.35. The Balaban J connectivity index is 2.81. The maximum atomic E-state index is 11.5. The van der Waals surface area contributed by atoms with Gasteiger partial charge in [-0.1, -0.05) is 36.5 Å². The Morgan fingerprint density at radius 3 is 2.85 bits per heavy atom. The minimum absolute atomic E-state index is 0.196. The minimum Gasteiger partial charge on any atom is -0.278 e. The summed E-state index contributed by atoms with van der Waals surface area (Å²) in [5.74, 6) is 0. The van der Waals surface area contributed by atoms with Crippen LogP contribution in [0, 0.1) is 0 Å². The zero-order valence-electron chi connectivity index (χ0n) is 7.41. The van der Waals surface area contributed by atoms with Crippen molar-refractivity contribution in [3.05, 3.63) is 45.4 Å². The molecule has 2 aromatic rings. The molecule has 1 aromatic carbocycles. The standard InChI is InChI=1S/C11H10OS/c1-2-8-7-9-5-3-4-6-10(9)13-11(8)12/h3-7H,2H2,1H3. The molecule has 0 saturated heterocycles. The van der Waals surface area contributed by atoms with Gasteiger partial charge in [0.25, 0.3) is 0 Å². The zero-order chi connectivity index (χ0) is 9.26. The Kier molecular flexibility index (Phi) is 2.15. The Labute approximate surface area is 80.7 Å². The molecule has 0 N–H and O–H groups in total. The van der Waals surface area contributed by atoms with E-state index in [1.54, 1.807) is 0 Å². The molecule has 0 aliphatic carbocycles. The third-order valence-corrected chi connectivity index (χ3v) is 3.13. The van der Waals surface area contributed by atoms with Gasteiger partial charge in [0, 0.05) is 10.3 Å². The van der Waals surface area contributed by atoms with E-state index in [1.807, 2.05) is 37.3 Å². The van der Waals surface area contributed by atoms with Gasteiger partial charge in [0.05, 0.1) is 0 Å². The van der Waals surface area contributed by atoms with E-state index in [9.17, 15) is 4.79 Å². The molecule has 0 spiro atoms. The van der Waals surface area contributed by atoms with Gasteiger partial charge in [0.15, 0.2) is 0 Å². The molecule has 0 aliphatic rings. The van der Waals surface area contributed by atoms with E-state index in [1.165, 1.54) is 16.7 Å². The number of benzene rings is 1. The largest absolute Gasteiger partial charge is 0.278 e. The molecule has 66 valence electrons.